The van der Waals surface area contributed by atoms with Gasteiger partial charge in [-0.05, 0) is 57.9 Å². The highest BCUT2D eigenvalue weighted by atomic mass is 79.9. The normalized spacial score (nSPS) is 12.9. The van der Waals surface area contributed by atoms with Crippen molar-refractivity contribution >= 4 is 31.9 Å². The number of methoxy groups -OCH3 is 2. The van der Waals surface area contributed by atoms with Crippen molar-refractivity contribution < 1.29 is 40.6 Å². The molecule has 1 atom stereocenters. The molecule has 164 valence electrons. The molecule has 0 amide bonds. The fourth-order valence-electron chi connectivity index (χ4n) is 2.45. The van der Waals surface area contributed by atoms with Crippen molar-refractivity contribution in [2.75, 3.05) is 14.2 Å². The van der Waals surface area contributed by atoms with E-state index in [2.05, 4.69) is 30.1 Å². The molecule has 0 heterocycles. The SMILES string of the molecule is COC(=O)CC(NS(=O)(=O)c1ccc(OC(F)(F)F)cc1)c1ccc(OC)c(Br)c1. The van der Waals surface area contributed by atoms with Crippen LogP contribution in [-0.4, -0.2) is 35.0 Å². The highest BCUT2D eigenvalue weighted by Crippen LogP contribution is 2.30. The summed E-state index contributed by atoms with van der Waals surface area (Å²) in [4.78, 5) is 11.5. The van der Waals surface area contributed by atoms with Gasteiger partial charge in [0.1, 0.15) is 11.5 Å². The van der Waals surface area contributed by atoms with E-state index in [4.69, 9.17) is 4.74 Å². The summed E-state index contributed by atoms with van der Waals surface area (Å²) in [6, 6.07) is 7.40. The van der Waals surface area contributed by atoms with Gasteiger partial charge in [0.2, 0.25) is 10.0 Å². The molecule has 0 bridgehead atoms. The zero-order chi connectivity index (χ0) is 22.5. The van der Waals surface area contributed by atoms with Gasteiger partial charge in [-0.1, -0.05) is 6.07 Å². The molecular weight excluding hydrogens is 495 g/mol. The van der Waals surface area contributed by atoms with E-state index < -0.39 is 34.1 Å². The van der Waals surface area contributed by atoms with Gasteiger partial charge in [-0.25, -0.2) is 13.1 Å². The van der Waals surface area contributed by atoms with Crippen LogP contribution in [-0.2, 0) is 19.6 Å². The van der Waals surface area contributed by atoms with Gasteiger partial charge in [0, 0.05) is 0 Å². The van der Waals surface area contributed by atoms with E-state index in [0.29, 0.717) is 15.8 Å². The standard InChI is InChI=1S/C18H17BrF3NO6S/c1-27-16-8-3-11(9-14(16)19)15(10-17(24)28-2)23-30(25,26)13-6-4-12(5-7-13)29-18(20,21)22/h3-9,15,23H,10H2,1-2H3. The van der Waals surface area contributed by atoms with Crippen LogP contribution in [0.1, 0.15) is 18.0 Å². The monoisotopic (exact) mass is 511 g/mol. The van der Waals surface area contributed by atoms with Crippen LogP contribution < -0.4 is 14.2 Å². The van der Waals surface area contributed by atoms with Gasteiger partial charge in [-0.2, -0.15) is 0 Å². The highest BCUT2D eigenvalue weighted by Gasteiger charge is 2.31. The van der Waals surface area contributed by atoms with E-state index in [1.807, 2.05) is 0 Å². The number of hydrogen-bond donors (Lipinski definition) is 1. The molecule has 0 aliphatic carbocycles. The number of alkyl halides is 3. The number of halogens is 4. The Morgan fingerprint density at radius 3 is 2.27 bits per heavy atom. The molecule has 0 spiro atoms. The molecule has 2 aromatic carbocycles. The smallest absolute Gasteiger partial charge is 0.496 e. The third kappa shape index (κ3) is 6.61. The zero-order valence-corrected chi connectivity index (χ0v) is 18.1. The number of benzene rings is 2. The molecule has 0 saturated heterocycles. The molecule has 2 aromatic rings. The predicted molar refractivity (Wildman–Crippen MR) is 104 cm³/mol. The van der Waals surface area contributed by atoms with Crippen LogP contribution in [0.4, 0.5) is 13.2 Å². The lowest BCUT2D eigenvalue weighted by Crippen LogP contribution is -2.30. The minimum absolute atomic E-state index is 0.306. The van der Waals surface area contributed by atoms with Gasteiger partial charge >= 0.3 is 12.3 Å². The minimum Gasteiger partial charge on any atom is -0.496 e. The Kier molecular flexibility index (Phi) is 7.72. The largest absolute Gasteiger partial charge is 0.573 e. The summed E-state index contributed by atoms with van der Waals surface area (Å²) in [6.07, 6.45) is -5.21. The maximum atomic E-state index is 12.7. The number of hydrogen-bond acceptors (Lipinski definition) is 6. The van der Waals surface area contributed by atoms with Crippen molar-refractivity contribution in [2.45, 2.75) is 23.7 Å². The zero-order valence-electron chi connectivity index (χ0n) is 15.7. The Balaban J connectivity index is 2.31. The van der Waals surface area contributed by atoms with E-state index in [9.17, 15) is 26.4 Å². The average molecular weight is 512 g/mol. The summed E-state index contributed by atoms with van der Waals surface area (Å²) in [7, 11) is -1.57. The first-order chi connectivity index (χ1) is 13.9. The highest BCUT2D eigenvalue weighted by molar-refractivity contribution is 9.10. The molecule has 0 aliphatic rings. The minimum atomic E-state index is -4.90. The van der Waals surface area contributed by atoms with Gasteiger partial charge in [-0.15, -0.1) is 13.2 Å². The Hall–Kier alpha value is -2.31. The molecule has 1 N–H and O–H groups in total. The Labute approximate surface area is 179 Å². The number of carbonyl (C=O) groups excluding carboxylic acids is 1. The predicted octanol–water partition coefficient (Wildman–Crippen LogP) is 3.94. The Bertz CT molecular complexity index is 996. The molecular formula is C18H17BrF3NO6S. The fraction of sp³-hybridized carbons (Fsp3) is 0.278. The second-order valence-corrected chi connectivity index (χ2v) is 8.44. The van der Waals surface area contributed by atoms with Crippen molar-refractivity contribution in [1.82, 2.24) is 4.72 Å². The van der Waals surface area contributed by atoms with Gasteiger partial charge in [-0.3, -0.25) is 4.79 Å². The van der Waals surface area contributed by atoms with Gasteiger partial charge in [0.15, 0.2) is 0 Å². The van der Waals surface area contributed by atoms with Crippen LogP contribution in [0, 0.1) is 0 Å². The van der Waals surface area contributed by atoms with Crippen LogP contribution in [0.5, 0.6) is 11.5 Å². The summed E-state index contributed by atoms with van der Waals surface area (Å²) in [5, 5.41) is 0. The van der Waals surface area contributed by atoms with Crippen molar-refractivity contribution in [3.05, 3.63) is 52.5 Å². The molecule has 7 nitrogen and oxygen atoms in total. The average Bonchev–Trinajstić information content (AvgIpc) is 2.66. The van der Waals surface area contributed by atoms with E-state index >= 15 is 0 Å². The Morgan fingerprint density at radius 2 is 1.77 bits per heavy atom. The van der Waals surface area contributed by atoms with Crippen molar-refractivity contribution in [3.63, 3.8) is 0 Å². The van der Waals surface area contributed by atoms with Gasteiger partial charge in [0.05, 0.1) is 36.1 Å². The molecule has 30 heavy (non-hydrogen) atoms. The first kappa shape index (κ1) is 24.0. The summed E-state index contributed by atoms with van der Waals surface area (Å²) < 4.78 is 78.6. The van der Waals surface area contributed by atoms with E-state index in [1.54, 1.807) is 18.2 Å². The summed E-state index contributed by atoms with van der Waals surface area (Å²) in [5.41, 5.74) is 0.439. The number of nitrogens with one attached hydrogen (secondary N) is 1. The number of esters is 1. The topological polar surface area (TPSA) is 90.9 Å². The third-order valence-corrected chi connectivity index (χ3v) is 5.95. The second-order valence-electron chi connectivity index (χ2n) is 5.87. The van der Waals surface area contributed by atoms with E-state index in [-0.39, 0.29) is 11.3 Å². The maximum Gasteiger partial charge on any atom is 0.573 e. The van der Waals surface area contributed by atoms with Crippen molar-refractivity contribution in [1.29, 1.82) is 0 Å². The van der Waals surface area contributed by atoms with Crippen LogP contribution in [0.25, 0.3) is 0 Å². The molecule has 0 radical (unpaired) electrons. The first-order valence-corrected chi connectivity index (χ1v) is 10.5. The second kappa shape index (κ2) is 9.67. The van der Waals surface area contributed by atoms with Crippen LogP contribution in [0.3, 0.4) is 0 Å². The molecule has 0 aromatic heterocycles. The lowest BCUT2D eigenvalue weighted by atomic mass is 10.0. The fourth-order valence-corrected chi connectivity index (χ4v) is 4.24. The van der Waals surface area contributed by atoms with Crippen molar-refractivity contribution in [3.8, 4) is 11.5 Å². The first-order valence-electron chi connectivity index (χ1n) is 8.23. The molecule has 2 rings (SSSR count). The number of ether oxygens (including phenoxy) is 3. The van der Waals surface area contributed by atoms with Crippen LogP contribution >= 0.6 is 15.9 Å². The molecule has 0 saturated carbocycles. The molecule has 1 unspecified atom stereocenters. The van der Waals surface area contributed by atoms with Gasteiger partial charge in [0.25, 0.3) is 0 Å². The van der Waals surface area contributed by atoms with E-state index in [0.717, 1.165) is 31.4 Å². The quantitative estimate of drug-likeness (QED) is 0.539. The molecule has 12 heteroatoms. The lowest BCUT2D eigenvalue weighted by Gasteiger charge is -2.19. The number of rotatable bonds is 8. The number of carbonyl (C=O) groups is 1. The number of sulfonamides is 1. The van der Waals surface area contributed by atoms with Crippen LogP contribution in [0.2, 0.25) is 0 Å². The maximum absolute atomic E-state index is 12.7. The molecule has 0 aliphatic heterocycles. The third-order valence-electron chi connectivity index (χ3n) is 3.84. The lowest BCUT2D eigenvalue weighted by molar-refractivity contribution is -0.274. The molecule has 0 fully saturated rings. The Morgan fingerprint density at radius 1 is 1.13 bits per heavy atom. The summed E-state index contributed by atoms with van der Waals surface area (Å²) in [5.74, 6) is -0.728. The summed E-state index contributed by atoms with van der Waals surface area (Å²) >= 11 is 3.29. The van der Waals surface area contributed by atoms with Crippen molar-refractivity contribution in [2.24, 2.45) is 0 Å². The van der Waals surface area contributed by atoms with Gasteiger partial charge < -0.3 is 14.2 Å². The van der Waals surface area contributed by atoms with Crippen LogP contribution in [0.15, 0.2) is 51.8 Å². The van der Waals surface area contributed by atoms with E-state index in [1.165, 1.54) is 7.11 Å². The summed E-state index contributed by atoms with van der Waals surface area (Å²) in [6.45, 7) is 0.